The topological polar surface area (TPSA) is 57.5 Å². The lowest BCUT2D eigenvalue weighted by Crippen LogP contribution is -2.20. The highest BCUT2D eigenvalue weighted by atomic mass is 35.5. The van der Waals surface area contributed by atoms with Crippen molar-refractivity contribution in [1.82, 2.24) is 0 Å². The highest BCUT2D eigenvalue weighted by Gasteiger charge is 2.54. The first kappa shape index (κ1) is 10.3. The Morgan fingerprint density at radius 1 is 1.47 bits per heavy atom. The van der Waals surface area contributed by atoms with Crippen LogP contribution in [0.5, 0.6) is 5.75 Å². The number of carboxylic acid groups (broad SMARTS) is 1. The number of halogens is 1. The molecule has 4 heteroatoms. The summed E-state index contributed by atoms with van der Waals surface area (Å²) in [6.45, 7) is 1.73. The molecule has 15 heavy (non-hydrogen) atoms. The third-order valence-electron chi connectivity index (χ3n) is 2.97. The predicted octanol–water partition coefficient (Wildman–Crippen LogP) is 2.47. The molecule has 2 rings (SSSR count). The minimum Gasteiger partial charge on any atom is -0.507 e. The summed E-state index contributed by atoms with van der Waals surface area (Å²) in [7, 11) is 0. The Morgan fingerprint density at radius 2 is 2.07 bits per heavy atom. The number of carboxylic acids is 1. The van der Waals surface area contributed by atoms with Gasteiger partial charge in [0, 0.05) is 10.6 Å². The van der Waals surface area contributed by atoms with Crippen LogP contribution < -0.4 is 0 Å². The van der Waals surface area contributed by atoms with Crippen LogP contribution in [-0.4, -0.2) is 16.2 Å². The van der Waals surface area contributed by atoms with Gasteiger partial charge < -0.3 is 10.2 Å². The highest BCUT2D eigenvalue weighted by Crippen LogP contribution is 2.54. The van der Waals surface area contributed by atoms with Gasteiger partial charge in [0.2, 0.25) is 0 Å². The van der Waals surface area contributed by atoms with Crippen LogP contribution in [0.15, 0.2) is 12.1 Å². The van der Waals surface area contributed by atoms with E-state index in [0.29, 0.717) is 29.0 Å². The second kappa shape index (κ2) is 3.14. The van der Waals surface area contributed by atoms with Crippen molar-refractivity contribution in [2.75, 3.05) is 0 Å². The van der Waals surface area contributed by atoms with E-state index in [4.69, 9.17) is 16.7 Å². The van der Waals surface area contributed by atoms with Crippen molar-refractivity contribution in [1.29, 1.82) is 0 Å². The zero-order chi connectivity index (χ0) is 11.2. The van der Waals surface area contributed by atoms with Gasteiger partial charge in [0.05, 0.1) is 5.41 Å². The third-order valence-corrected chi connectivity index (χ3v) is 3.28. The monoisotopic (exact) mass is 226 g/mol. The summed E-state index contributed by atoms with van der Waals surface area (Å²) in [5.74, 6) is -0.896. The maximum atomic E-state index is 11.1. The van der Waals surface area contributed by atoms with Crippen LogP contribution in [0.3, 0.4) is 0 Å². The Hall–Kier alpha value is -1.22. The minimum absolute atomic E-state index is 0.0161. The Kier molecular flexibility index (Phi) is 2.15. The standard InChI is InChI=1S/C11H11ClO3/c1-6-2-3-7(12)8(9(6)13)11(4-5-11)10(14)15/h2-3,13H,4-5H2,1H3,(H,14,15). The summed E-state index contributed by atoms with van der Waals surface area (Å²) >= 11 is 5.95. The van der Waals surface area contributed by atoms with E-state index in [9.17, 15) is 9.90 Å². The molecule has 1 aliphatic rings. The summed E-state index contributed by atoms with van der Waals surface area (Å²) in [5.41, 5.74) is 0.0753. The molecule has 1 aromatic rings. The SMILES string of the molecule is Cc1ccc(Cl)c(C2(C(=O)O)CC2)c1O. The molecule has 0 amide bonds. The van der Waals surface area contributed by atoms with E-state index in [1.165, 1.54) is 0 Å². The molecule has 1 saturated carbocycles. The fraction of sp³-hybridized carbons (Fsp3) is 0.364. The van der Waals surface area contributed by atoms with Gasteiger partial charge in [-0.2, -0.15) is 0 Å². The first-order chi connectivity index (χ1) is 6.99. The minimum atomic E-state index is -0.951. The third kappa shape index (κ3) is 1.38. The van der Waals surface area contributed by atoms with Crippen LogP contribution in [0.1, 0.15) is 24.0 Å². The summed E-state index contributed by atoms with van der Waals surface area (Å²) in [6, 6.07) is 3.31. The summed E-state index contributed by atoms with van der Waals surface area (Å²) < 4.78 is 0. The fourth-order valence-electron chi connectivity index (χ4n) is 1.82. The Balaban J connectivity index is 2.62. The number of hydrogen-bond acceptors (Lipinski definition) is 2. The molecule has 0 heterocycles. The smallest absolute Gasteiger partial charge is 0.314 e. The van der Waals surface area contributed by atoms with E-state index >= 15 is 0 Å². The lowest BCUT2D eigenvalue weighted by Gasteiger charge is -2.15. The van der Waals surface area contributed by atoms with Crippen LogP contribution >= 0.6 is 11.6 Å². The quantitative estimate of drug-likeness (QED) is 0.815. The second-order valence-corrected chi connectivity index (χ2v) is 4.38. The molecule has 0 aromatic heterocycles. The number of aromatic hydroxyl groups is 1. The van der Waals surface area contributed by atoms with E-state index in [-0.39, 0.29) is 5.75 Å². The molecular formula is C11H11ClO3. The van der Waals surface area contributed by atoms with Crippen molar-refractivity contribution >= 4 is 17.6 Å². The van der Waals surface area contributed by atoms with Crippen LogP contribution in [0, 0.1) is 6.92 Å². The Labute approximate surface area is 92.3 Å². The largest absolute Gasteiger partial charge is 0.507 e. The van der Waals surface area contributed by atoms with Gasteiger partial charge >= 0.3 is 5.97 Å². The van der Waals surface area contributed by atoms with Crippen LogP contribution in [-0.2, 0) is 10.2 Å². The van der Waals surface area contributed by atoms with Crippen LogP contribution in [0.4, 0.5) is 0 Å². The molecule has 0 aliphatic heterocycles. The van der Waals surface area contributed by atoms with Gasteiger partial charge in [-0.05, 0) is 31.4 Å². The molecule has 0 radical (unpaired) electrons. The first-order valence-electron chi connectivity index (χ1n) is 4.71. The van der Waals surface area contributed by atoms with Crippen molar-refractivity contribution in [3.8, 4) is 5.75 Å². The maximum Gasteiger partial charge on any atom is 0.314 e. The zero-order valence-electron chi connectivity index (χ0n) is 8.25. The molecule has 2 N–H and O–H groups in total. The van der Waals surface area contributed by atoms with Gasteiger partial charge in [-0.1, -0.05) is 17.7 Å². The van der Waals surface area contributed by atoms with Crippen molar-refractivity contribution < 1.29 is 15.0 Å². The van der Waals surface area contributed by atoms with Gasteiger partial charge in [-0.15, -0.1) is 0 Å². The predicted molar refractivity (Wildman–Crippen MR) is 56.4 cm³/mol. The number of rotatable bonds is 2. The zero-order valence-corrected chi connectivity index (χ0v) is 9.01. The van der Waals surface area contributed by atoms with Crippen LogP contribution in [0.25, 0.3) is 0 Å². The van der Waals surface area contributed by atoms with E-state index < -0.39 is 11.4 Å². The van der Waals surface area contributed by atoms with Crippen molar-refractivity contribution in [3.05, 3.63) is 28.3 Å². The molecule has 1 aromatic carbocycles. The van der Waals surface area contributed by atoms with Crippen molar-refractivity contribution in [2.24, 2.45) is 0 Å². The molecule has 0 unspecified atom stereocenters. The Bertz CT molecular complexity index is 436. The van der Waals surface area contributed by atoms with E-state index in [2.05, 4.69) is 0 Å². The number of hydrogen-bond donors (Lipinski definition) is 2. The fourth-order valence-corrected chi connectivity index (χ4v) is 2.16. The molecule has 80 valence electrons. The second-order valence-electron chi connectivity index (χ2n) is 3.98. The average Bonchev–Trinajstić information content (AvgIpc) is 2.93. The normalized spacial score (nSPS) is 17.5. The van der Waals surface area contributed by atoms with Gasteiger partial charge in [0.25, 0.3) is 0 Å². The van der Waals surface area contributed by atoms with E-state index in [1.54, 1.807) is 19.1 Å². The van der Waals surface area contributed by atoms with Crippen molar-refractivity contribution in [3.63, 3.8) is 0 Å². The number of aliphatic carboxylic acids is 1. The molecule has 0 saturated heterocycles. The molecule has 1 fully saturated rings. The molecular weight excluding hydrogens is 216 g/mol. The van der Waals surface area contributed by atoms with Gasteiger partial charge in [0.1, 0.15) is 5.75 Å². The van der Waals surface area contributed by atoms with Gasteiger partial charge in [0.15, 0.2) is 0 Å². The summed E-state index contributed by atoms with van der Waals surface area (Å²) in [4.78, 5) is 11.1. The number of carbonyl (C=O) groups is 1. The first-order valence-corrected chi connectivity index (χ1v) is 5.09. The number of phenolic OH excluding ortho intramolecular Hbond substituents is 1. The van der Waals surface area contributed by atoms with E-state index in [1.807, 2.05) is 0 Å². The average molecular weight is 227 g/mol. The number of phenols is 1. The molecule has 0 atom stereocenters. The Morgan fingerprint density at radius 3 is 2.53 bits per heavy atom. The molecule has 0 spiro atoms. The summed E-state index contributed by atoms with van der Waals surface area (Å²) in [5, 5.41) is 19.3. The lowest BCUT2D eigenvalue weighted by atomic mass is 9.93. The lowest BCUT2D eigenvalue weighted by molar-refractivity contribution is -0.140. The van der Waals surface area contributed by atoms with Gasteiger partial charge in [-0.3, -0.25) is 4.79 Å². The summed E-state index contributed by atoms with van der Waals surface area (Å²) in [6.07, 6.45) is 1.08. The number of benzene rings is 1. The molecule has 0 bridgehead atoms. The van der Waals surface area contributed by atoms with Crippen LogP contribution in [0.2, 0.25) is 5.02 Å². The molecule has 1 aliphatic carbocycles. The molecule has 3 nitrogen and oxygen atoms in total. The van der Waals surface area contributed by atoms with Gasteiger partial charge in [-0.25, -0.2) is 0 Å². The number of aryl methyl sites for hydroxylation is 1. The highest BCUT2D eigenvalue weighted by molar-refractivity contribution is 6.32. The maximum absolute atomic E-state index is 11.1. The van der Waals surface area contributed by atoms with E-state index in [0.717, 1.165) is 0 Å². The van der Waals surface area contributed by atoms with Crippen molar-refractivity contribution in [2.45, 2.75) is 25.2 Å².